The zero-order chi connectivity index (χ0) is 21.5. The molecule has 2 aromatic heterocycles. The number of hydrogen-bond donors (Lipinski definition) is 0. The van der Waals surface area contributed by atoms with Gasteiger partial charge in [0.1, 0.15) is 22.1 Å². The molecular formula is C21H29N3O5S. The second kappa shape index (κ2) is 8.19. The molecule has 30 heavy (non-hydrogen) atoms. The molecule has 1 aliphatic carbocycles. The van der Waals surface area contributed by atoms with Crippen molar-refractivity contribution in [3.05, 3.63) is 35.1 Å². The molecule has 164 valence electrons. The molecule has 0 spiro atoms. The molecule has 0 radical (unpaired) electrons. The summed E-state index contributed by atoms with van der Waals surface area (Å²) in [7, 11) is -3.69. The Morgan fingerprint density at radius 2 is 1.97 bits per heavy atom. The van der Waals surface area contributed by atoms with Crippen LogP contribution in [0, 0.1) is 19.8 Å². The first-order valence-electron chi connectivity index (χ1n) is 10.6. The largest absolute Gasteiger partial charge is 0.466 e. The highest BCUT2D eigenvalue weighted by atomic mass is 32.2. The number of hydrogen-bond acceptors (Lipinski definition) is 6. The minimum Gasteiger partial charge on any atom is -0.466 e. The minimum atomic E-state index is -3.69. The zero-order valence-corrected chi connectivity index (χ0v) is 18.6. The van der Waals surface area contributed by atoms with Gasteiger partial charge in [-0.25, -0.2) is 8.42 Å². The van der Waals surface area contributed by atoms with Gasteiger partial charge in [0, 0.05) is 44.9 Å². The molecule has 3 heterocycles. The van der Waals surface area contributed by atoms with Crippen molar-refractivity contribution in [2.75, 3.05) is 26.2 Å². The van der Waals surface area contributed by atoms with E-state index in [1.54, 1.807) is 18.7 Å². The Labute approximate surface area is 177 Å². The summed E-state index contributed by atoms with van der Waals surface area (Å²) in [6, 6.07) is 3.99. The van der Waals surface area contributed by atoms with Crippen molar-refractivity contribution in [3.63, 3.8) is 0 Å². The van der Waals surface area contributed by atoms with Gasteiger partial charge in [0.15, 0.2) is 5.76 Å². The molecular weight excluding hydrogens is 406 g/mol. The fourth-order valence-corrected chi connectivity index (χ4v) is 5.95. The lowest BCUT2D eigenvalue weighted by atomic mass is 10.2. The maximum absolute atomic E-state index is 13.0. The van der Waals surface area contributed by atoms with Gasteiger partial charge in [-0.15, -0.1) is 0 Å². The summed E-state index contributed by atoms with van der Waals surface area (Å²) in [5.41, 5.74) is 0.364. The van der Waals surface area contributed by atoms with Gasteiger partial charge in [-0.1, -0.05) is 12.1 Å². The number of aromatic nitrogens is 1. The van der Waals surface area contributed by atoms with Crippen LogP contribution in [0.3, 0.4) is 0 Å². The van der Waals surface area contributed by atoms with Gasteiger partial charge in [-0.3, -0.25) is 4.79 Å². The van der Waals surface area contributed by atoms with Crippen LogP contribution in [0.15, 0.2) is 26.0 Å². The van der Waals surface area contributed by atoms with Crippen molar-refractivity contribution in [3.8, 4) is 0 Å². The van der Waals surface area contributed by atoms with Gasteiger partial charge >= 0.3 is 0 Å². The predicted molar refractivity (Wildman–Crippen MR) is 109 cm³/mol. The third-order valence-corrected chi connectivity index (χ3v) is 8.26. The van der Waals surface area contributed by atoms with E-state index in [1.165, 1.54) is 10.7 Å². The van der Waals surface area contributed by atoms with Crippen LogP contribution in [0.5, 0.6) is 0 Å². The first-order valence-corrected chi connectivity index (χ1v) is 12.0. The number of furan rings is 1. The van der Waals surface area contributed by atoms with E-state index in [4.69, 9.17) is 8.94 Å². The van der Waals surface area contributed by atoms with Crippen LogP contribution in [0.4, 0.5) is 0 Å². The average molecular weight is 436 g/mol. The van der Waals surface area contributed by atoms with Crippen LogP contribution in [0.25, 0.3) is 0 Å². The van der Waals surface area contributed by atoms with Gasteiger partial charge in [0.2, 0.25) is 15.9 Å². The highest BCUT2D eigenvalue weighted by molar-refractivity contribution is 7.89. The SMILES string of the molecule is Cc1noc(C)c1S(=O)(=O)N1CCCN(C(=O)CCc2ccc(C3CC3C)o2)CC1. The third kappa shape index (κ3) is 4.18. The summed E-state index contributed by atoms with van der Waals surface area (Å²) in [5, 5.41) is 3.76. The molecule has 9 heteroatoms. The summed E-state index contributed by atoms with van der Waals surface area (Å²) in [6.45, 7) is 7.01. The molecule has 8 nitrogen and oxygen atoms in total. The van der Waals surface area contributed by atoms with Crippen LogP contribution < -0.4 is 0 Å². The van der Waals surface area contributed by atoms with E-state index in [-0.39, 0.29) is 17.3 Å². The molecule has 1 saturated heterocycles. The van der Waals surface area contributed by atoms with Gasteiger partial charge in [-0.05, 0) is 44.7 Å². The second-order valence-corrected chi connectivity index (χ2v) is 10.3. The lowest BCUT2D eigenvalue weighted by Gasteiger charge is -2.21. The van der Waals surface area contributed by atoms with Crippen molar-refractivity contribution in [2.24, 2.45) is 5.92 Å². The molecule has 2 aliphatic rings. The fraction of sp³-hybridized carbons (Fsp3) is 0.619. The van der Waals surface area contributed by atoms with E-state index in [1.807, 2.05) is 12.1 Å². The zero-order valence-electron chi connectivity index (χ0n) is 17.8. The lowest BCUT2D eigenvalue weighted by Crippen LogP contribution is -2.37. The summed E-state index contributed by atoms with van der Waals surface area (Å²) < 4.78 is 38.4. The summed E-state index contributed by atoms with van der Waals surface area (Å²) in [4.78, 5) is 14.6. The monoisotopic (exact) mass is 435 g/mol. The van der Waals surface area contributed by atoms with Crippen molar-refractivity contribution in [1.29, 1.82) is 0 Å². The van der Waals surface area contributed by atoms with E-state index in [0.717, 1.165) is 11.5 Å². The molecule has 2 unspecified atom stereocenters. The van der Waals surface area contributed by atoms with E-state index in [9.17, 15) is 13.2 Å². The van der Waals surface area contributed by atoms with Crippen LogP contribution in [-0.2, 0) is 21.2 Å². The normalized spacial score (nSPS) is 22.8. The molecule has 1 saturated carbocycles. The Hall–Kier alpha value is -2.13. The average Bonchev–Trinajstić information content (AvgIpc) is 3.19. The molecule has 2 atom stereocenters. The minimum absolute atomic E-state index is 0.0318. The van der Waals surface area contributed by atoms with E-state index < -0.39 is 10.0 Å². The van der Waals surface area contributed by atoms with Gasteiger partial charge in [0.05, 0.1) is 0 Å². The molecule has 2 aromatic rings. The fourth-order valence-electron chi connectivity index (χ4n) is 4.19. The predicted octanol–water partition coefficient (Wildman–Crippen LogP) is 2.86. The molecule has 2 fully saturated rings. The Kier molecular flexibility index (Phi) is 5.76. The second-order valence-electron chi connectivity index (χ2n) is 8.42. The van der Waals surface area contributed by atoms with E-state index >= 15 is 0 Å². The van der Waals surface area contributed by atoms with Crippen LogP contribution in [0.1, 0.15) is 55.1 Å². The van der Waals surface area contributed by atoms with Gasteiger partial charge in [-0.2, -0.15) is 4.31 Å². The summed E-state index contributed by atoms with van der Waals surface area (Å²) in [6.07, 6.45) is 2.70. The Morgan fingerprint density at radius 1 is 1.20 bits per heavy atom. The maximum atomic E-state index is 13.0. The number of nitrogens with zero attached hydrogens (tertiary/aromatic N) is 3. The first kappa shape index (κ1) is 21.1. The molecule has 1 amide bonds. The number of sulfonamides is 1. The Bertz CT molecular complexity index is 1010. The van der Waals surface area contributed by atoms with Crippen molar-refractivity contribution in [2.45, 2.75) is 57.3 Å². The highest BCUT2D eigenvalue weighted by Crippen LogP contribution is 2.47. The summed E-state index contributed by atoms with van der Waals surface area (Å²) in [5.74, 6) is 3.42. The Balaban J connectivity index is 1.33. The molecule has 0 N–H and O–H groups in total. The van der Waals surface area contributed by atoms with Crippen molar-refractivity contribution < 1.29 is 22.2 Å². The third-order valence-electron chi connectivity index (χ3n) is 6.12. The van der Waals surface area contributed by atoms with E-state index in [0.29, 0.717) is 62.2 Å². The molecule has 1 aliphatic heterocycles. The number of amides is 1. The molecule has 4 rings (SSSR count). The first-order chi connectivity index (χ1) is 14.3. The van der Waals surface area contributed by atoms with E-state index in [2.05, 4.69) is 12.1 Å². The van der Waals surface area contributed by atoms with Crippen LogP contribution >= 0.6 is 0 Å². The van der Waals surface area contributed by atoms with Gasteiger partial charge < -0.3 is 13.8 Å². The number of carbonyl (C=O) groups excluding carboxylic acids is 1. The standard InChI is InChI=1S/C21H29N3O5S/c1-14-13-18(14)19-7-5-17(28-19)6-8-20(25)23-9-4-10-24(12-11-23)30(26,27)21-15(2)22-29-16(21)3/h5,7,14,18H,4,6,8-13H2,1-3H3. The quantitative estimate of drug-likeness (QED) is 0.692. The van der Waals surface area contributed by atoms with Crippen LogP contribution in [0.2, 0.25) is 0 Å². The van der Waals surface area contributed by atoms with Crippen molar-refractivity contribution in [1.82, 2.24) is 14.4 Å². The Morgan fingerprint density at radius 3 is 2.63 bits per heavy atom. The van der Waals surface area contributed by atoms with Crippen molar-refractivity contribution >= 4 is 15.9 Å². The summed E-state index contributed by atoms with van der Waals surface area (Å²) >= 11 is 0. The number of aryl methyl sites for hydroxylation is 3. The number of carbonyl (C=O) groups is 1. The molecule has 0 bridgehead atoms. The smallest absolute Gasteiger partial charge is 0.248 e. The highest BCUT2D eigenvalue weighted by Gasteiger charge is 2.36. The molecule has 0 aromatic carbocycles. The number of rotatable bonds is 6. The van der Waals surface area contributed by atoms with Gasteiger partial charge in [0.25, 0.3) is 0 Å². The van der Waals surface area contributed by atoms with Crippen LogP contribution in [-0.4, -0.2) is 54.9 Å². The lowest BCUT2D eigenvalue weighted by molar-refractivity contribution is -0.131. The maximum Gasteiger partial charge on any atom is 0.248 e. The topological polar surface area (TPSA) is 96.9 Å².